The van der Waals surface area contributed by atoms with Crippen molar-refractivity contribution in [1.82, 2.24) is 0 Å². The van der Waals surface area contributed by atoms with Gasteiger partial charge in [-0.25, -0.2) is 0 Å². The van der Waals surface area contributed by atoms with Crippen LogP contribution in [0.2, 0.25) is 5.02 Å². The topological polar surface area (TPSA) is 57.5 Å². The second-order valence-corrected chi connectivity index (χ2v) is 4.62. The molecule has 0 aromatic heterocycles. The maximum atomic E-state index is 12.2. The number of aliphatic hydroxyl groups excluding tert-OH is 1. The second-order valence-electron chi connectivity index (χ2n) is 4.19. The molecule has 0 aliphatic heterocycles. The predicted molar refractivity (Wildman–Crippen MR) is 73.1 cm³/mol. The van der Waals surface area contributed by atoms with Gasteiger partial charge in [0.25, 0.3) is 0 Å². The van der Waals surface area contributed by atoms with Crippen molar-refractivity contribution in [2.75, 3.05) is 0 Å². The van der Waals surface area contributed by atoms with Crippen molar-refractivity contribution in [3.63, 3.8) is 0 Å². The number of hydrogen-bond donors (Lipinski definition) is 2. The average molecular weight is 277 g/mol. The molecule has 0 saturated heterocycles. The maximum absolute atomic E-state index is 12.2. The number of halogens is 1. The van der Waals surface area contributed by atoms with E-state index in [0.29, 0.717) is 10.6 Å². The predicted octanol–water partition coefficient (Wildman–Crippen LogP) is 2.75. The molecular formula is C15H13ClO3. The first-order valence-corrected chi connectivity index (χ1v) is 6.18. The second kappa shape index (κ2) is 5.97. The number of rotatable bonds is 4. The molecule has 0 saturated carbocycles. The molecule has 19 heavy (non-hydrogen) atoms. The van der Waals surface area contributed by atoms with Crippen LogP contribution in [-0.4, -0.2) is 16.0 Å². The molecule has 2 aromatic carbocycles. The van der Waals surface area contributed by atoms with Gasteiger partial charge in [-0.1, -0.05) is 48.0 Å². The van der Waals surface area contributed by atoms with Gasteiger partial charge in [-0.2, -0.15) is 0 Å². The van der Waals surface area contributed by atoms with Gasteiger partial charge in [0, 0.05) is 22.6 Å². The Morgan fingerprint density at radius 1 is 1.05 bits per heavy atom. The van der Waals surface area contributed by atoms with Crippen molar-refractivity contribution in [3.8, 4) is 0 Å². The number of ketones is 1. The van der Waals surface area contributed by atoms with Gasteiger partial charge in [0.15, 0.2) is 12.1 Å². The lowest BCUT2D eigenvalue weighted by Crippen LogP contribution is -2.09. The molecule has 2 rings (SSSR count). The summed E-state index contributed by atoms with van der Waals surface area (Å²) in [4.78, 5) is 12.2. The van der Waals surface area contributed by atoms with Crippen molar-refractivity contribution in [1.29, 1.82) is 0 Å². The molecule has 0 spiro atoms. The van der Waals surface area contributed by atoms with Gasteiger partial charge in [0.1, 0.15) is 0 Å². The third-order valence-corrected chi connectivity index (χ3v) is 3.07. The van der Waals surface area contributed by atoms with Gasteiger partial charge in [0.05, 0.1) is 0 Å². The van der Waals surface area contributed by atoms with Gasteiger partial charge >= 0.3 is 0 Å². The largest absolute Gasteiger partial charge is 0.364 e. The summed E-state index contributed by atoms with van der Waals surface area (Å²) in [5, 5.41) is 19.1. The number of benzene rings is 2. The summed E-state index contributed by atoms with van der Waals surface area (Å²) in [5.74, 6) is -0.161. The molecular weight excluding hydrogens is 264 g/mol. The van der Waals surface area contributed by atoms with E-state index < -0.39 is 6.29 Å². The first-order valence-electron chi connectivity index (χ1n) is 5.80. The number of hydrogen-bond acceptors (Lipinski definition) is 3. The zero-order chi connectivity index (χ0) is 13.8. The average Bonchev–Trinajstić information content (AvgIpc) is 2.41. The Hall–Kier alpha value is -1.68. The Morgan fingerprint density at radius 3 is 2.32 bits per heavy atom. The lowest BCUT2D eigenvalue weighted by Gasteiger charge is -2.10. The molecule has 0 radical (unpaired) electrons. The van der Waals surface area contributed by atoms with Gasteiger partial charge in [-0.3, -0.25) is 4.79 Å². The Labute approximate surface area is 116 Å². The summed E-state index contributed by atoms with van der Waals surface area (Å²) in [6.07, 6.45) is -1.45. The van der Waals surface area contributed by atoms with E-state index in [4.69, 9.17) is 11.6 Å². The van der Waals surface area contributed by atoms with E-state index in [0.717, 1.165) is 5.56 Å². The van der Waals surface area contributed by atoms with Crippen molar-refractivity contribution >= 4 is 17.4 Å². The Kier molecular flexibility index (Phi) is 4.32. The highest BCUT2D eigenvalue weighted by Crippen LogP contribution is 2.18. The Bertz CT molecular complexity index is 576. The van der Waals surface area contributed by atoms with Crippen LogP contribution < -0.4 is 0 Å². The zero-order valence-electron chi connectivity index (χ0n) is 10.1. The van der Waals surface area contributed by atoms with Crippen molar-refractivity contribution in [2.45, 2.75) is 12.7 Å². The number of carbonyl (C=O) groups excluding carboxylic acids is 1. The lowest BCUT2D eigenvalue weighted by molar-refractivity contribution is -0.0429. The molecule has 2 aromatic rings. The summed E-state index contributed by atoms with van der Waals surface area (Å²) in [7, 11) is 0. The highest BCUT2D eigenvalue weighted by Gasteiger charge is 2.15. The van der Waals surface area contributed by atoms with Crippen LogP contribution in [0.1, 0.15) is 27.8 Å². The van der Waals surface area contributed by atoms with Crippen LogP contribution in [0.3, 0.4) is 0 Å². The summed E-state index contributed by atoms with van der Waals surface area (Å²) < 4.78 is 0. The summed E-state index contributed by atoms with van der Waals surface area (Å²) in [5.41, 5.74) is 1.38. The highest BCUT2D eigenvalue weighted by molar-refractivity contribution is 6.30. The molecule has 0 unspecified atom stereocenters. The SMILES string of the molecule is O=C(Cc1ccc(Cl)cc1)c1ccccc1C(O)O. The fourth-order valence-corrected chi connectivity index (χ4v) is 1.98. The van der Waals surface area contributed by atoms with Crippen LogP contribution in [0, 0.1) is 0 Å². The minimum absolute atomic E-state index is 0.161. The van der Waals surface area contributed by atoms with E-state index in [1.165, 1.54) is 6.07 Å². The van der Waals surface area contributed by atoms with E-state index in [1.54, 1.807) is 42.5 Å². The molecule has 0 aliphatic carbocycles. The van der Waals surface area contributed by atoms with Gasteiger partial charge < -0.3 is 10.2 Å². The molecule has 0 aliphatic rings. The van der Waals surface area contributed by atoms with Gasteiger partial charge in [-0.15, -0.1) is 0 Å². The Balaban J connectivity index is 2.23. The third-order valence-electron chi connectivity index (χ3n) is 2.82. The molecule has 2 N–H and O–H groups in total. The van der Waals surface area contributed by atoms with E-state index in [2.05, 4.69) is 0 Å². The molecule has 0 heterocycles. The lowest BCUT2D eigenvalue weighted by atomic mass is 9.98. The van der Waals surface area contributed by atoms with Crippen LogP contribution >= 0.6 is 11.6 Å². The van der Waals surface area contributed by atoms with Crippen molar-refractivity contribution in [3.05, 3.63) is 70.2 Å². The number of Topliss-reactive ketones (excluding diaryl/α,β-unsaturated/α-hetero) is 1. The Morgan fingerprint density at radius 2 is 1.68 bits per heavy atom. The molecule has 0 amide bonds. The quantitative estimate of drug-likeness (QED) is 0.667. The molecule has 0 fully saturated rings. The maximum Gasteiger partial charge on any atom is 0.179 e. The van der Waals surface area contributed by atoms with Crippen LogP contribution in [0.4, 0.5) is 0 Å². The highest BCUT2D eigenvalue weighted by atomic mass is 35.5. The molecule has 0 atom stereocenters. The first-order chi connectivity index (χ1) is 9.08. The van der Waals surface area contributed by atoms with E-state index in [1.807, 2.05) is 0 Å². The molecule has 3 nitrogen and oxygen atoms in total. The normalized spacial score (nSPS) is 10.7. The fraction of sp³-hybridized carbons (Fsp3) is 0.133. The molecule has 98 valence electrons. The number of aliphatic hydroxyl groups is 2. The van der Waals surface area contributed by atoms with Crippen LogP contribution in [0.25, 0.3) is 0 Å². The molecule has 4 heteroatoms. The van der Waals surface area contributed by atoms with Crippen molar-refractivity contribution in [2.24, 2.45) is 0 Å². The van der Waals surface area contributed by atoms with Crippen LogP contribution in [0.15, 0.2) is 48.5 Å². The summed E-state index contributed by atoms with van der Waals surface area (Å²) >= 11 is 5.78. The first kappa shape index (κ1) is 13.7. The zero-order valence-corrected chi connectivity index (χ0v) is 10.8. The minimum Gasteiger partial charge on any atom is -0.364 e. The smallest absolute Gasteiger partial charge is 0.179 e. The van der Waals surface area contributed by atoms with E-state index >= 15 is 0 Å². The standard InChI is InChI=1S/C15H13ClO3/c16-11-7-5-10(6-8-11)9-14(17)12-3-1-2-4-13(12)15(18)19/h1-8,15,18-19H,9H2. The minimum atomic E-state index is -1.65. The van der Waals surface area contributed by atoms with Crippen LogP contribution in [0.5, 0.6) is 0 Å². The van der Waals surface area contributed by atoms with Crippen molar-refractivity contribution < 1.29 is 15.0 Å². The summed E-state index contributed by atoms with van der Waals surface area (Å²) in [6, 6.07) is 13.5. The van der Waals surface area contributed by atoms with E-state index in [-0.39, 0.29) is 17.8 Å². The fourth-order valence-electron chi connectivity index (χ4n) is 1.86. The van der Waals surface area contributed by atoms with Crippen LogP contribution in [-0.2, 0) is 6.42 Å². The molecule has 0 bridgehead atoms. The number of carbonyl (C=O) groups is 1. The van der Waals surface area contributed by atoms with E-state index in [9.17, 15) is 15.0 Å². The van der Waals surface area contributed by atoms with Gasteiger partial charge in [0.2, 0.25) is 0 Å². The third kappa shape index (κ3) is 3.41. The monoisotopic (exact) mass is 276 g/mol. The summed E-state index contributed by atoms with van der Waals surface area (Å²) in [6.45, 7) is 0. The van der Waals surface area contributed by atoms with Gasteiger partial charge in [-0.05, 0) is 17.7 Å².